The molecule has 3 rings (SSSR count). The fourth-order valence-electron chi connectivity index (χ4n) is 4.03. The number of rotatable bonds is 8. The molecule has 0 aliphatic carbocycles. The number of methoxy groups -OCH3 is 1. The number of amides is 1. The van der Waals surface area contributed by atoms with Gasteiger partial charge in [-0.05, 0) is 62.4 Å². The smallest absolute Gasteiger partial charge is 0.272 e. The minimum absolute atomic E-state index is 0.0796. The summed E-state index contributed by atoms with van der Waals surface area (Å²) in [4.78, 5) is 17.3. The van der Waals surface area contributed by atoms with Gasteiger partial charge in [-0.2, -0.15) is 5.10 Å². The Morgan fingerprint density at radius 1 is 1.36 bits per heavy atom. The quantitative estimate of drug-likeness (QED) is 0.702. The van der Waals surface area contributed by atoms with E-state index in [1.807, 2.05) is 18.0 Å². The Bertz CT molecular complexity index is 773. The van der Waals surface area contributed by atoms with E-state index in [1.165, 1.54) is 18.4 Å². The average molecular weight is 385 g/mol. The third-order valence-corrected chi connectivity index (χ3v) is 5.64. The maximum Gasteiger partial charge on any atom is 0.272 e. The predicted molar refractivity (Wildman–Crippen MR) is 111 cm³/mol. The van der Waals surface area contributed by atoms with E-state index in [4.69, 9.17) is 4.74 Å². The first-order chi connectivity index (χ1) is 13.6. The van der Waals surface area contributed by atoms with Gasteiger partial charge in [0.15, 0.2) is 0 Å². The van der Waals surface area contributed by atoms with Gasteiger partial charge in [0, 0.05) is 39.4 Å². The highest BCUT2D eigenvalue weighted by Gasteiger charge is 2.25. The number of aryl methyl sites for hydroxylation is 1. The molecule has 0 spiro atoms. The van der Waals surface area contributed by atoms with Crippen molar-refractivity contribution < 1.29 is 9.53 Å². The minimum atomic E-state index is 0.0796. The van der Waals surface area contributed by atoms with Gasteiger partial charge in [0.1, 0.15) is 11.4 Å². The molecule has 1 aromatic carbocycles. The van der Waals surface area contributed by atoms with Crippen LogP contribution >= 0.6 is 0 Å². The van der Waals surface area contributed by atoms with E-state index in [2.05, 4.69) is 35.1 Å². The molecule has 2 aromatic rings. The molecule has 0 bridgehead atoms. The van der Waals surface area contributed by atoms with E-state index < -0.39 is 0 Å². The number of nitrogens with zero attached hydrogens (tertiary/aromatic N) is 4. The van der Waals surface area contributed by atoms with E-state index in [1.54, 1.807) is 24.1 Å². The van der Waals surface area contributed by atoms with Gasteiger partial charge >= 0.3 is 0 Å². The average Bonchev–Trinajstić information content (AvgIpc) is 3.16. The summed E-state index contributed by atoms with van der Waals surface area (Å²) in [7, 11) is 3.53. The number of piperidine rings is 1. The Hall–Kier alpha value is -2.34. The second-order valence-electron chi connectivity index (χ2n) is 7.59. The molecular formula is C22H32N4O2. The summed E-state index contributed by atoms with van der Waals surface area (Å²) in [6.07, 6.45) is 5.09. The number of likely N-dealkylation sites (tertiary alicyclic amines) is 1. The second kappa shape index (κ2) is 9.73. The van der Waals surface area contributed by atoms with Crippen molar-refractivity contribution in [1.82, 2.24) is 19.6 Å². The molecule has 0 saturated carbocycles. The lowest BCUT2D eigenvalue weighted by Crippen LogP contribution is -2.43. The first-order valence-corrected chi connectivity index (χ1v) is 10.2. The van der Waals surface area contributed by atoms with Crippen LogP contribution in [0.25, 0.3) is 0 Å². The van der Waals surface area contributed by atoms with Gasteiger partial charge in [-0.25, -0.2) is 0 Å². The third kappa shape index (κ3) is 5.13. The molecule has 1 saturated heterocycles. The van der Waals surface area contributed by atoms with Crippen LogP contribution in [-0.2, 0) is 13.5 Å². The molecule has 1 aliphatic rings. The van der Waals surface area contributed by atoms with Crippen LogP contribution < -0.4 is 4.74 Å². The molecule has 1 fully saturated rings. The molecule has 0 unspecified atom stereocenters. The summed E-state index contributed by atoms with van der Waals surface area (Å²) in [6, 6.07) is 10.1. The van der Waals surface area contributed by atoms with Crippen LogP contribution in [0.3, 0.4) is 0 Å². The normalized spacial score (nSPS) is 17.5. The summed E-state index contributed by atoms with van der Waals surface area (Å²) in [5.74, 6) is 1.52. The Kier molecular flexibility index (Phi) is 7.09. The summed E-state index contributed by atoms with van der Waals surface area (Å²) in [6.45, 7) is 6.84. The van der Waals surface area contributed by atoms with Crippen molar-refractivity contribution in [1.29, 1.82) is 0 Å². The molecule has 28 heavy (non-hydrogen) atoms. The summed E-state index contributed by atoms with van der Waals surface area (Å²) >= 11 is 0. The number of hydrogen-bond acceptors (Lipinski definition) is 4. The fourth-order valence-corrected chi connectivity index (χ4v) is 4.03. The highest BCUT2D eigenvalue weighted by atomic mass is 16.5. The zero-order valence-corrected chi connectivity index (χ0v) is 17.3. The minimum Gasteiger partial charge on any atom is -0.497 e. The molecule has 1 aliphatic heterocycles. The lowest BCUT2D eigenvalue weighted by molar-refractivity contribution is 0.0680. The van der Waals surface area contributed by atoms with E-state index in [0.29, 0.717) is 11.6 Å². The Balaban J connectivity index is 1.53. The van der Waals surface area contributed by atoms with Gasteiger partial charge in [-0.1, -0.05) is 12.1 Å². The molecule has 2 heterocycles. The van der Waals surface area contributed by atoms with Crippen molar-refractivity contribution in [3.05, 3.63) is 47.8 Å². The van der Waals surface area contributed by atoms with Gasteiger partial charge in [0.05, 0.1) is 7.11 Å². The zero-order valence-electron chi connectivity index (χ0n) is 17.3. The number of carbonyl (C=O) groups excluding carboxylic acids is 1. The molecule has 6 heteroatoms. The van der Waals surface area contributed by atoms with Crippen LogP contribution in [0.15, 0.2) is 36.5 Å². The zero-order chi connectivity index (χ0) is 19.9. The van der Waals surface area contributed by atoms with E-state index >= 15 is 0 Å². The molecule has 152 valence electrons. The molecule has 0 radical (unpaired) electrons. The number of ether oxygens (including phenoxy) is 1. The van der Waals surface area contributed by atoms with Crippen LogP contribution in [0.1, 0.15) is 35.8 Å². The summed E-state index contributed by atoms with van der Waals surface area (Å²) < 4.78 is 6.98. The Morgan fingerprint density at radius 3 is 2.93 bits per heavy atom. The maximum absolute atomic E-state index is 12.8. The van der Waals surface area contributed by atoms with Gasteiger partial charge in [-0.3, -0.25) is 9.48 Å². The van der Waals surface area contributed by atoms with Gasteiger partial charge in [0.2, 0.25) is 0 Å². The molecule has 1 aromatic heterocycles. The van der Waals surface area contributed by atoms with Gasteiger partial charge in [-0.15, -0.1) is 0 Å². The SMILES string of the molecule is CCN(C[C@H]1CCCN(CCc2cccc(OC)c2)C1)C(=O)c1ccnn1C. The Morgan fingerprint density at radius 2 is 2.21 bits per heavy atom. The van der Waals surface area contributed by atoms with E-state index in [9.17, 15) is 4.79 Å². The monoisotopic (exact) mass is 384 g/mol. The molecular weight excluding hydrogens is 352 g/mol. The molecule has 0 N–H and O–H groups in total. The summed E-state index contributed by atoms with van der Waals surface area (Å²) in [5.41, 5.74) is 1.97. The van der Waals surface area contributed by atoms with Crippen LogP contribution in [0.5, 0.6) is 5.75 Å². The predicted octanol–water partition coefficient (Wildman–Crippen LogP) is 2.85. The van der Waals surface area contributed by atoms with Crippen molar-refractivity contribution in [3.63, 3.8) is 0 Å². The van der Waals surface area contributed by atoms with Crippen LogP contribution in [0.2, 0.25) is 0 Å². The topological polar surface area (TPSA) is 50.6 Å². The first-order valence-electron chi connectivity index (χ1n) is 10.2. The van der Waals surface area contributed by atoms with Crippen molar-refractivity contribution in [3.8, 4) is 5.75 Å². The lowest BCUT2D eigenvalue weighted by atomic mass is 9.96. The highest BCUT2D eigenvalue weighted by molar-refractivity contribution is 5.92. The van der Waals surface area contributed by atoms with E-state index in [0.717, 1.165) is 44.9 Å². The fraction of sp³-hybridized carbons (Fsp3) is 0.545. The van der Waals surface area contributed by atoms with Crippen LogP contribution in [0, 0.1) is 5.92 Å². The largest absolute Gasteiger partial charge is 0.497 e. The third-order valence-electron chi connectivity index (χ3n) is 5.64. The standard InChI is InChI=1S/C22H32N4O2/c1-4-26(22(27)21-10-12-23-24(21)2)17-19-8-6-13-25(16-19)14-11-18-7-5-9-20(15-18)28-3/h5,7,9-10,12,15,19H,4,6,8,11,13-14,16-17H2,1-3H3/t19-/m0/s1. The van der Waals surface area contributed by atoms with E-state index in [-0.39, 0.29) is 5.91 Å². The second-order valence-corrected chi connectivity index (χ2v) is 7.59. The molecule has 1 atom stereocenters. The van der Waals surface area contributed by atoms with Crippen molar-refractivity contribution >= 4 is 5.91 Å². The van der Waals surface area contributed by atoms with Gasteiger partial charge in [0.25, 0.3) is 5.91 Å². The Labute approximate surface area is 168 Å². The van der Waals surface area contributed by atoms with Gasteiger partial charge < -0.3 is 14.5 Å². The highest BCUT2D eigenvalue weighted by Crippen LogP contribution is 2.20. The lowest BCUT2D eigenvalue weighted by Gasteiger charge is -2.35. The number of hydrogen-bond donors (Lipinski definition) is 0. The van der Waals surface area contributed by atoms with Crippen molar-refractivity contribution in [2.75, 3.05) is 39.8 Å². The molecule has 6 nitrogen and oxygen atoms in total. The number of benzene rings is 1. The maximum atomic E-state index is 12.8. The van der Waals surface area contributed by atoms with Crippen LogP contribution in [-0.4, -0.2) is 65.3 Å². The van der Waals surface area contributed by atoms with Crippen molar-refractivity contribution in [2.45, 2.75) is 26.2 Å². The molecule has 1 amide bonds. The number of aromatic nitrogens is 2. The number of carbonyl (C=O) groups is 1. The summed E-state index contributed by atoms with van der Waals surface area (Å²) in [5, 5.41) is 4.13. The first kappa shape index (κ1) is 20.4. The van der Waals surface area contributed by atoms with Crippen molar-refractivity contribution in [2.24, 2.45) is 13.0 Å². The van der Waals surface area contributed by atoms with Crippen LogP contribution in [0.4, 0.5) is 0 Å².